The molecule has 1 rings (SSSR count). The van der Waals surface area contributed by atoms with Gasteiger partial charge in [0.25, 0.3) is 0 Å². The predicted molar refractivity (Wildman–Crippen MR) is 41.8 cm³/mol. The number of hydrogen-bond acceptors (Lipinski definition) is 0. The molecule has 2 atom stereocenters. The van der Waals surface area contributed by atoms with Gasteiger partial charge in [0, 0.05) is 5.88 Å². The van der Waals surface area contributed by atoms with Gasteiger partial charge in [-0.2, -0.15) is 0 Å². The van der Waals surface area contributed by atoms with Gasteiger partial charge in [0.05, 0.1) is 0 Å². The van der Waals surface area contributed by atoms with Crippen LogP contribution in [0.25, 0.3) is 0 Å². The molecule has 0 amide bonds. The summed E-state index contributed by atoms with van der Waals surface area (Å²) in [5.41, 5.74) is 0.500. The number of hydrogen-bond donors (Lipinski definition) is 0. The van der Waals surface area contributed by atoms with Crippen LogP contribution in [0, 0.1) is 17.3 Å². The normalized spacial score (nSPS) is 34.7. The van der Waals surface area contributed by atoms with E-state index in [-0.39, 0.29) is 0 Å². The van der Waals surface area contributed by atoms with Crippen molar-refractivity contribution in [2.24, 2.45) is 17.3 Å². The van der Waals surface area contributed by atoms with Gasteiger partial charge in [0.2, 0.25) is 0 Å². The van der Waals surface area contributed by atoms with E-state index in [2.05, 4.69) is 20.8 Å². The van der Waals surface area contributed by atoms with E-state index >= 15 is 0 Å². The molecule has 0 saturated heterocycles. The highest BCUT2D eigenvalue weighted by atomic mass is 35.5. The van der Waals surface area contributed by atoms with Crippen LogP contribution in [0.3, 0.4) is 0 Å². The highest BCUT2D eigenvalue weighted by Crippen LogP contribution is 2.50. The van der Waals surface area contributed by atoms with Crippen molar-refractivity contribution in [3.63, 3.8) is 0 Å². The lowest BCUT2D eigenvalue weighted by atomic mass is 9.89. The largest absolute Gasteiger partial charge is 0.126 e. The first kappa shape index (κ1) is 7.40. The van der Waals surface area contributed by atoms with E-state index in [9.17, 15) is 0 Å². The molecule has 0 N–H and O–H groups in total. The molecule has 1 saturated carbocycles. The average molecular weight is 147 g/mol. The Bertz CT molecular complexity index is 102. The standard InChI is InChI=1S/C8H15Cl/c1-8(2,3)7-4-6(7)5-9/h6-7H,4-5H2,1-3H3. The first-order valence-electron chi connectivity index (χ1n) is 3.61. The van der Waals surface area contributed by atoms with Gasteiger partial charge in [-0.05, 0) is 23.7 Å². The molecule has 0 aromatic heterocycles. The average Bonchev–Trinajstić information content (AvgIpc) is 2.39. The van der Waals surface area contributed by atoms with Gasteiger partial charge < -0.3 is 0 Å². The highest BCUT2D eigenvalue weighted by molar-refractivity contribution is 6.18. The number of alkyl halides is 1. The fourth-order valence-electron chi connectivity index (χ4n) is 1.48. The van der Waals surface area contributed by atoms with Crippen molar-refractivity contribution in [1.29, 1.82) is 0 Å². The first-order chi connectivity index (χ1) is 4.05. The van der Waals surface area contributed by atoms with E-state index in [1.165, 1.54) is 6.42 Å². The highest BCUT2D eigenvalue weighted by Gasteiger charge is 2.43. The summed E-state index contributed by atoms with van der Waals surface area (Å²) in [7, 11) is 0. The maximum atomic E-state index is 5.70. The molecular formula is C8H15Cl. The zero-order chi connectivity index (χ0) is 7.07. The summed E-state index contributed by atoms with van der Waals surface area (Å²) in [6.45, 7) is 6.89. The Morgan fingerprint density at radius 3 is 2.11 bits per heavy atom. The van der Waals surface area contributed by atoms with Crippen molar-refractivity contribution >= 4 is 11.6 Å². The van der Waals surface area contributed by atoms with Gasteiger partial charge in [-0.25, -0.2) is 0 Å². The third-order valence-electron chi connectivity index (χ3n) is 2.23. The second kappa shape index (κ2) is 2.16. The van der Waals surface area contributed by atoms with Crippen LogP contribution in [-0.2, 0) is 0 Å². The summed E-state index contributed by atoms with van der Waals surface area (Å²) < 4.78 is 0. The van der Waals surface area contributed by atoms with Crippen LogP contribution in [-0.4, -0.2) is 5.88 Å². The van der Waals surface area contributed by atoms with Crippen LogP contribution < -0.4 is 0 Å². The second-order valence-electron chi connectivity index (χ2n) is 4.12. The minimum absolute atomic E-state index is 0.500. The van der Waals surface area contributed by atoms with Crippen molar-refractivity contribution in [1.82, 2.24) is 0 Å². The monoisotopic (exact) mass is 146 g/mol. The van der Waals surface area contributed by atoms with Crippen LogP contribution in [0.2, 0.25) is 0 Å². The lowest BCUT2D eigenvalue weighted by Gasteiger charge is -2.17. The lowest BCUT2D eigenvalue weighted by Crippen LogP contribution is -2.09. The van der Waals surface area contributed by atoms with Crippen LogP contribution in [0.1, 0.15) is 27.2 Å². The molecular weight excluding hydrogens is 132 g/mol. The summed E-state index contributed by atoms with van der Waals surface area (Å²) in [5.74, 6) is 2.59. The maximum absolute atomic E-state index is 5.70. The van der Waals surface area contributed by atoms with Gasteiger partial charge >= 0.3 is 0 Å². The molecule has 1 heteroatoms. The number of halogens is 1. The van der Waals surface area contributed by atoms with Gasteiger partial charge in [-0.15, -0.1) is 11.6 Å². The Morgan fingerprint density at radius 2 is 2.00 bits per heavy atom. The summed E-state index contributed by atoms with van der Waals surface area (Å²) in [6, 6.07) is 0. The van der Waals surface area contributed by atoms with E-state index in [4.69, 9.17) is 11.6 Å². The van der Waals surface area contributed by atoms with Crippen LogP contribution >= 0.6 is 11.6 Å². The SMILES string of the molecule is CC(C)(C)C1CC1CCl. The molecule has 0 bridgehead atoms. The molecule has 1 aliphatic carbocycles. The molecule has 0 aliphatic heterocycles. The van der Waals surface area contributed by atoms with Crippen molar-refractivity contribution in [2.45, 2.75) is 27.2 Å². The molecule has 0 spiro atoms. The van der Waals surface area contributed by atoms with E-state index < -0.39 is 0 Å². The Labute approximate surface area is 62.6 Å². The third kappa shape index (κ3) is 1.61. The molecule has 0 heterocycles. The van der Waals surface area contributed by atoms with Crippen LogP contribution in [0.4, 0.5) is 0 Å². The molecule has 2 unspecified atom stereocenters. The molecule has 1 aliphatic rings. The fraction of sp³-hybridized carbons (Fsp3) is 1.00. The predicted octanol–water partition coefficient (Wildman–Crippen LogP) is 2.91. The minimum atomic E-state index is 0.500. The maximum Gasteiger partial charge on any atom is 0.0254 e. The van der Waals surface area contributed by atoms with E-state index in [1.54, 1.807) is 0 Å². The molecule has 54 valence electrons. The number of rotatable bonds is 1. The van der Waals surface area contributed by atoms with Crippen molar-refractivity contribution in [3.8, 4) is 0 Å². The van der Waals surface area contributed by atoms with Crippen molar-refractivity contribution in [2.75, 3.05) is 5.88 Å². The Morgan fingerprint density at radius 1 is 1.44 bits per heavy atom. The van der Waals surface area contributed by atoms with Crippen LogP contribution in [0.15, 0.2) is 0 Å². The van der Waals surface area contributed by atoms with Gasteiger partial charge in [-0.1, -0.05) is 20.8 Å². The summed E-state index contributed by atoms with van der Waals surface area (Å²) >= 11 is 5.70. The Hall–Kier alpha value is 0.290. The molecule has 0 nitrogen and oxygen atoms in total. The molecule has 0 radical (unpaired) electrons. The van der Waals surface area contributed by atoms with Crippen molar-refractivity contribution < 1.29 is 0 Å². The Balaban J connectivity index is 2.33. The molecule has 9 heavy (non-hydrogen) atoms. The van der Waals surface area contributed by atoms with E-state index in [0.29, 0.717) is 5.41 Å². The zero-order valence-electron chi connectivity index (χ0n) is 6.45. The Kier molecular flexibility index (Phi) is 1.77. The fourth-order valence-corrected chi connectivity index (χ4v) is 1.82. The van der Waals surface area contributed by atoms with Crippen molar-refractivity contribution in [3.05, 3.63) is 0 Å². The molecule has 1 fully saturated rings. The van der Waals surface area contributed by atoms with Gasteiger partial charge in [0.1, 0.15) is 0 Å². The molecule has 0 aromatic carbocycles. The topological polar surface area (TPSA) is 0 Å². The third-order valence-corrected chi connectivity index (χ3v) is 2.63. The van der Waals surface area contributed by atoms with Gasteiger partial charge in [0.15, 0.2) is 0 Å². The van der Waals surface area contributed by atoms with Crippen LogP contribution in [0.5, 0.6) is 0 Å². The van der Waals surface area contributed by atoms with E-state index in [0.717, 1.165) is 17.7 Å². The van der Waals surface area contributed by atoms with Gasteiger partial charge in [-0.3, -0.25) is 0 Å². The summed E-state index contributed by atoms with van der Waals surface area (Å²) in [5, 5.41) is 0. The van der Waals surface area contributed by atoms with E-state index in [1.807, 2.05) is 0 Å². The molecule has 0 aromatic rings. The first-order valence-corrected chi connectivity index (χ1v) is 4.15. The smallest absolute Gasteiger partial charge is 0.0254 e. The minimum Gasteiger partial charge on any atom is -0.126 e. The zero-order valence-corrected chi connectivity index (χ0v) is 7.20. The lowest BCUT2D eigenvalue weighted by molar-refractivity contribution is 0.335. The second-order valence-corrected chi connectivity index (χ2v) is 4.43. The summed E-state index contributed by atoms with van der Waals surface area (Å²) in [4.78, 5) is 0. The quantitative estimate of drug-likeness (QED) is 0.499. The summed E-state index contributed by atoms with van der Waals surface area (Å²) in [6.07, 6.45) is 1.35.